The third-order valence-electron chi connectivity index (χ3n) is 9.07. The van der Waals surface area contributed by atoms with Gasteiger partial charge in [0.2, 0.25) is 0 Å². The average molecular weight is 623 g/mol. The summed E-state index contributed by atoms with van der Waals surface area (Å²) in [6.07, 6.45) is 4.61. The molecule has 0 aliphatic rings. The molecule has 0 aromatic heterocycles. The highest BCUT2D eigenvalue weighted by Crippen LogP contribution is 2.32. The first kappa shape index (κ1) is 32.7. The van der Waals surface area contributed by atoms with Gasteiger partial charge < -0.3 is 0 Å². The van der Waals surface area contributed by atoms with E-state index in [0.717, 1.165) is 0 Å². The van der Waals surface area contributed by atoms with Crippen molar-refractivity contribution in [2.75, 3.05) is 0 Å². The van der Waals surface area contributed by atoms with Crippen LogP contribution in [0.4, 0.5) is 0 Å². The van der Waals surface area contributed by atoms with E-state index in [1.54, 1.807) is 0 Å². The minimum Gasteiger partial charge on any atom is -0.0622 e. The molecule has 0 nitrogen and oxygen atoms in total. The summed E-state index contributed by atoms with van der Waals surface area (Å²) in [5.41, 5.74) is 15.1. The van der Waals surface area contributed by atoms with Crippen molar-refractivity contribution in [3.05, 3.63) is 202 Å². The summed E-state index contributed by atoms with van der Waals surface area (Å²) < 4.78 is 0. The smallest absolute Gasteiger partial charge is 0.0105 e. The van der Waals surface area contributed by atoms with E-state index >= 15 is 0 Å². The van der Waals surface area contributed by atoms with E-state index in [1.807, 2.05) is 0 Å². The zero-order valence-electron chi connectivity index (χ0n) is 29.2. The van der Waals surface area contributed by atoms with E-state index in [4.69, 9.17) is 0 Å². The van der Waals surface area contributed by atoms with Gasteiger partial charge in [-0.2, -0.15) is 0 Å². The highest BCUT2D eigenvalue weighted by atomic mass is 14.2. The molecule has 0 heterocycles. The second kappa shape index (κ2) is 13.9. The predicted molar refractivity (Wildman–Crippen MR) is 209 cm³/mol. The van der Waals surface area contributed by atoms with Gasteiger partial charge >= 0.3 is 0 Å². The van der Waals surface area contributed by atoms with Crippen LogP contribution in [-0.2, 0) is 10.8 Å². The minimum absolute atomic E-state index is 0.127. The molecule has 0 spiro atoms. The van der Waals surface area contributed by atoms with Crippen LogP contribution in [0.2, 0.25) is 0 Å². The Bertz CT molecular complexity index is 1840. The van der Waals surface area contributed by atoms with Crippen molar-refractivity contribution in [1.29, 1.82) is 0 Å². The van der Waals surface area contributed by atoms with Gasteiger partial charge in [0.15, 0.2) is 0 Å². The Morgan fingerprint density at radius 2 is 0.625 bits per heavy atom. The van der Waals surface area contributed by atoms with E-state index < -0.39 is 0 Å². The van der Waals surface area contributed by atoms with Crippen LogP contribution in [0.3, 0.4) is 0 Å². The van der Waals surface area contributed by atoms with Crippen LogP contribution < -0.4 is 0 Å². The van der Waals surface area contributed by atoms with Crippen LogP contribution in [0.15, 0.2) is 158 Å². The second-order valence-corrected chi connectivity index (χ2v) is 14.7. The van der Waals surface area contributed by atoms with Crippen molar-refractivity contribution >= 4 is 23.3 Å². The van der Waals surface area contributed by atoms with Crippen molar-refractivity contribution in [2.45, 2.75) is 52.4 Å². The van der Waals surface area contributed by atoms with Gasteiger partial charge in [0.1, 0.15) is 0 Å². The van der Waals surface area contributed by atoms with E-state index in [-0.39, 0.29) is 10.8 Å². The van der Waals surface area contributed by atoms with Gasteiger partial charge in [-0.05, 0) is 89.8 Å². The van der Waals surface area contributed by atoms with Crippen LogP contribution >= 0.6 is 0 Å². The molecule has 6 aromatic rings. The fourth-order valence-corrected chi connectivity index (χ4v) is 6.08. The Kier molecular flexibility index (Phi) is 9.47. The first-order valence-electron chi connectivity index (χ1n) is 17.0. The lowest BCUT2D eigenvalue weighted by Gasteiger charge is -2.19. The average Bonchev–Trinajstić information content (AvgIpc) is 3.10. The maximum Gasteiger partial charge on any atom is -0.0105 e. The normalized spacial score (nSPS) is 12.6. The molecule has 0 unspecified atom stereocenters. The lowest BCUT2D eigenvalue weighted by Crippen LogP contribution is -2.10. The molecular weight excluding hydrogens is 577 g/mol. The van der Waals surface area contributed by atoms with Crippen LogP contribution in [0.5, 0.6) is 0 Å². The van der Waals surface area contributed by atoms with Crippen LogP contribution in [0, 0.1) is 0 Å². The highest BCUT2D eigenvalue weighted by molar-refractivity contribution is 5.93. The number of hydrogen-bond donors (Lipinski definition) is 0. The van der Waals surface area contributed by atoms with Gasteiger partial charge in [0.05, 0.1) is 0 Å². The topological polar surface area (TPSA) is 0 Å². The summed E-state index contributed by atoms with van der Waals surface area (Å²) in [6.45, 7) is 13.6. The number of rotatable bonds is 7. The Balaban J connectivity index is 1.27. The van der Waals surface area contributed by atoms with Gasteiger partial charge in [-0.3, -0.25) is 0 Å². The first-order chi connectivity index (χ1) is 23.0. The van der Waals surface area contributed by atoms with E-state index in [2.05, 4.69) is 211 Å². The quantitative estimate of drug-likeness (QED) is 0.155. The Morgan fingerprint density at radius 1 is 0.333 bits per heavy atom. The van der Waals surface area contributed by atoms with Crippen LogP contribution in [-0.4, -0.2) is 0 Å². The molecule has 6 rings (SSSR count). The maximum atomic E-state index is 2.30. The molecule has 0 bridgehead atoms. The van der Waals surface area contributed by atoms with Crippen LogP contribution in [0.1, 0.15) is 86.1 Å². The fraction of sp³-hybridized carbons (Fsp3) is 0.167. The van der Waals surface area contributed by atoms with Gasteiger partial charge in [0, 0.05) is 0 Å². The van der Waals surface area contributed by atoms with Crippen molar-refractivity contribution in [1.82, 2.24) is 0 Å². The molecular formula is C48H46. The highest BCUT2D eigenvalue weighted by Gasteiger charge is 2.15. The molecule has 0 N–H and O–H groups in total. The largest absolute Gasteiger partial charge is 0.0622 e. The molecule has 6 aromatic carbocycles. The summed E-state index contributed by atoms with van der Waals surface area (Å²) in [5, 5.41) is 0. The van der Waals surface area contributed by atoms with Gasteiger partial charge in [-0.15, -0.1) is 0 Å². The molecule has 0 radical (unpaired) electrons. The summed E-state index contributed by atoms with van der Waals surface area (Å²) in [6, 6.07) is 57.3. The minimum atomic E-state index is 0.127. The van der Waals surface area contributed by atoms with E-state index in [0.29, 0.717) is 0 Å². The lowest BCUT2D eigenvalue weighted by molar-refractivity contribution is 0.590. The summed E-state index contributed by atoms with van der Waals surface area (Å²) in [7, 11) is 0. The summed E-state index contributed by atoms with van der Waals surface area (Å²) in [5.74, 6) is 0. The lowest BCUT2D eigenvalue weighted by atomic mass is 9.85. The monoisotopic (exact) mass is 622 g/mol. The molecule has 48 heavy (non-hydrogen) atoms. The SMILES string of the molecule is CC(C)(C)c1ccc(/C(=C/c2ccc(-c3ccc(/C=C(\c4ccccc4)c4ccc(C(C)(C)C)cc4)cc3)cc2)c2ccccc2)cc1. The molecule has 0 fully saturated rings. The molecule has 0 atom stereocenters. The Labute approximate surface area is 288 Å². The molecule has 0 saturated heterocycles. The maximum absolute atomic E-state index is 2.30. The van der Waals surface area contributed by atoms with Crippen molar-refractivity contribution < 1.29 is 0 Å². The zero-order valence-corrected chi connectivity index (χ0v) is 29.2. The van der Waals surface area contributed by atoms with Gasteiger partial charge in [-0.25, -0.2) is 0 Å². The predicted octanol–water partition coefficient (Wildman–Crippen LogP) is 13.1. The molecule has 0 saturated carbocycles. The van der Waals surface area contributed by atoms with E-state index in [9.17, 15) is 0 Å². The number of benzene rings is 6. The molecule has 238 valence electrons. The van der Waals surface area contributed by atoms with E-state index in [1.165, 1.54) is 66.8 Å². The zero-order chi connectivity index (χ0) is 33.7. The summed E-state index contributed by atoms with van der Waals surface area (Å²) >= 11 is 0. The molecule has 0 heteroatoms. The summed E-state index contributed by atoms with van der Waals surface area (Å²) in [4.78, 5) is 0. The second-order valence-electron chi connectivity index (χ2n) is 14.7. The van der Waals surface area contributed by atoms with Crippen molar-refractivity contribution in [2.24, 2.45) is 0 Å². The Morgan fingerprint density at radius 3 is 0.917 bits per heavy atom. The molecule has 0 aliphatic carbocycles. The van der Waals surface area contributed by atoms with Gasteiger partial charge in [-0.1, -0.05) is 199 Å². The molecule has 0 aliphatic heterocycles. The van der Waals surface area contributed by atoms with Crippen molar-refractivity contribution in [3.8, 4) is 11.1 Å². The fourth-order valence-electron chi connectivity index (χ4n) is 6.08. The first-order valence-corrected chi connectivity index (χ1v) is 17.0. The number of hydrogen-bond acceptors (Lipinski definition) is 0. The molecule has 0 amide bonds. The van der Waals surface area contributed by atoms with Crippen molar-refractivity contribution in [3.63, 3.8) is 0 Å². The Hall–Kier alpha value is -5.20. The standard InChI is InChI=1S/C48H46/c1-47(2,3)43-29-25-41(26-30-43)45(39-13-9-7-10-14-39)33-35-17-21-37(22-18-35)38-23-19-36(20-24-38)34-46(40-15-11-8-12-16-40)42-27-31-44(32-28-42)48(4,5)6/h7-34H,1-6H3/b45-33+,46-34+. The van der Waals surface area contributed by atoms with Gasteiger partial charge in [0.25, 0.3) is 0 Å². The third kappa shape index (κ3) is 7.84. The third-order valence-corrected chi connectivity index (χ3v) is 9.07. The van der Waals surface area contributed by atoms with Crippen LogP contribution in [0.25, 0.3) is 34.4 Å².